The van der Waals surface area contributed by atoms with E-state index >= 15 is 0 Å². The van der Waals surface area contributed by atoms with Crippen LogP contribution in [0.25, 0.3) is 10.8 Å². The largest absolute Gasteiger partial charge is 0.465 e. The Bertz CT molecular complexity index is 631. The summed E-state index contributed by atoms with van der Waals surface area (Å²) >= 11 is 0. The molecule has 2 aromatic rings. The van der Waals surface area contributed by atoms with Crippen LogP contribution in [0.3, 0.4) is 0 Å². The highest BCUT2D eigenvalue weighted by atomic mass is 16.5. The van der Waals surface area contributed by atoms with Crippen molar-refractivity contribution in [3.05, 3.63) is 48.0 Å². The molecule has 2 rings (SSSR count). The quantitative estimate of drug-likeness (QED) is 0.434. The van der Waals surface area contributed by atoms with E-state index in [0.717, 1.165) is 42.0 Å². The van der Waals surface area contributed by atoms with Crippen molar-refractivity contribution in [3.63, 3.8) is 0 Å². The lowest BCUT2D eigenvalue weighted by Crippen LogP contribution is -2.09. The zero-order valence-corrected chi connectivity index (χ0v) is 15.1. The van der Waals surface area contributed by atoms with E-state index in [-0.39, 0.29) is 5.97 Å². The minimum absolute atomic E-state index is 0.139. The molecule has 0 amide bonds. The second-order valence-electron chi connectivity index (χ2n) is 6.59. The first-order valence-corrected chi connectivity index (χ1v) is 9.54. The van der Waals surface area contributed by atoms with Crippen LogP contribution in [0.4, 0.5) is 0 Å². The summed E-state index contributed by atoms with van der Waals surface area (Å²) < 4.78 is 5.39. The molecule has 0 atom stereocenters. The van der Waals surface area contributed by atoms with Gasteiger partial charge in [-0.3, -0.25) is 4.79 Å². The summed E-state index contributed by atoms with van der Waals surface area (Å²) in [4.78, 5) is 12.0. The molecule has 3 heteroatoms. The third-order valence-electron chi connectivity index (χ3n) is 4.53. The molecule has 1 N–H and O–H groups in total. The lowest BCUT2D eigenvalue weighted by Gasteiger charge is -2.07. The Hall–Kier alpha value is -1.87. The number of hydrogen-bond donors (Lipinski definition) is 1. The van der Waals surface area contributed by atoms with Gasteiger partial charge in [-0.2, -0.15) is 0 Å². The second kappa shape index (κ2) is 11.6. The molecule has 0 saturated carbocycles. The summed E-state index contributed by atoms with van der Waals surface area (Å²) in [5.74, 6) is -0.139. The minimum Gasteiger partial charge on any atom is -0.465 e. The van der Waals surface area contributed by atoms with E-state index in [1.165, 1.54) is 25.7 Å². The van der Waals surface area contributed by atoms with Gasteiger partial charge in [-0.1, -0.05) is 81.0 Å². The van der Waals surface area contributed by atoms with Crippen molar-refractivity contribution in [1.29, 1.82) is 0 Å². The van der Waals surface area contributed by atoms with Crippen LogP contribution in [-0.2, 0) is 16.0 Å². The number of aliphatic hydroxyl groups excluding tert-OH is 1. The number of carbonyl (C=O) groups excluding carboxylic acids is 1. The molecule has 0 fully saturated rings. The molecule has 2 aromatic carbocycles. The fourth-order valence-electron chi connectivity index (χ4n) is 3.11. The van der Waals surface area contributed by atoms with Crippen LogP contribution in [-0.4, -0.2) is 24.3 Å². The first-order chi connectivity index (χ1) is 12.3. The van der Waals surface area contributed by atoms with Crippen LogP contribution >= 0.6 is 0 Å². The average Bonchev–Trinajstić information content (AvgIpc) is 2.63. The number of unbranched alkanes of at least 4 members (excludes halogenated alkanes) is 7. The SMILES string of the molecule is O=C(Cc1cccc2ccccc12)OCCCCCCCCCCO. The van der Waals surface area contributed by atoms with Gasteiger partial charge in [-0.15, -0.1) is 0 Å². The number of rotatable bonds is 12. The molecule has 0 aliphatic rings. The third-order valence-corrected chi connectivity index (χ3v) is 4.53. The van der Waals surface area contributed by atoms with Crippen molar-refractivity contribution in [3.8, 4) is 0 Å². The molecule has 0 aliphatic heterocycles. The number of carbonyl (C=O) groups is 1. The van der Waals surface area contributed by atoms with Crippen molar-refractivity contribution in [2.24, 2.45) is 0 Å². The standard InChI is InChI=1S/C22H30O3/c23-16-9-5-3-1-2-4-6-10-17-25-22(24)18-20-14-11-13-19-12-7-8-15-21(19)20/h7-8,11-15,23H,1-6,9-10,16-18H2. The fraction of sp³-hybridized carbons (Fsp3) is 0.500. The maximum Gasteiger partial charge on any atom is 0.310 e. The second-order valence-corrected chi connectivity index (χ2v) is 6.59. The Morgan fingerprint density at radius 3 is 2.20 bits per heavy atom. The van der Waals surface area contributed by atoms with E-state index in [9.17, 15) is 4.79 Å². The van der Waals surface area contributed by atoms with Gasteiger partial charge in [0.05, 0.1) is 13.0 Å². The van der Waals surface area contributed by atoms with E-state index < -0.39 is 0 Å². The highest BCUT2D eigenvalue weighted by Gasteiger charge is 2.07. The predicted octanol–water partition coefficient (Wildman–Crippen LogP) is 5.04. The van der Waals surface area contributed by atoms with E-state index in [1.807, 2.05) is 24.3 Å². The maximum absolute atomic E-state index is 12.0. The number of benzene rings is 2. The van der Waals surface area contributed by atoms with Gasteiger partial charge >= 0.3 is 5.97 Å². The molecule has 0 heterocycles. The van der Waals surface area contributed by atoms with Gasteiger partial charge in [-0.05, 0) is 29.2 Å². The van der Waals surface area contributed by atoms with Crippen LogP contribution < -0.4 is 0 Å². The summed E-state index contributed by atoms with van der Waals surface area (Å²) in [5, 5.41) is 11.0. The van der Waals surface area contributed by atoms with Crippen molar-refractivity contribution in [2.75, 3.05) is 13.2 Å². The first kappa shape index (κ1) is 19.5. The molecule has 25 heavy (non-hydrogen) atoms. The highest BCUT2D eigenvalue weighted by molar-refractivity contribution is 5.88. The molecule has 0 radical (unpaired) electrons. The first-order valence-electron chi connectivity index (χ1n) is 9.54. The van der Waals surface area contributed by atoms with Crippen LogP contribution in [0.2, 0.25) is 0 Å². The Kier molecular flexibility index (Phi) is 9.06. The third kappa shape index (κ3) is 7.27. The monoisotopic (exact) mass is 342 g/mol. The summed E-state index contributed by atoms with van der Waals surface area (Å²) in [7, 11) is 0. The number of fused-ring (bicyclic) bond motifs is 1. The topological polar surface area (TPSA) is 46.5 Å². The molecule has 0 bridgehead atoms. The van der Waals surface area contributed by atoms with Crippen LogP contribution in [0.15, 0.2) is 42.5 Å². The van der Waals surface area contributed by atoms with Gasteiger partial charge in [0.25, 0.3) is 0 Å². The maximum atomic E-state index is 12.0. The predicted molar refractivity (Wildman–Crippen MR) is 103 cm³/mol. The molecule has 0 aromatic heterocycles. The average molecular weight is 342 g/mol. The molecule has 136 valence electrons. The summed E-state index contributed by atoms with van der Waals surface area (Å²) in [5.41, 5.74) is 1.03. The molecule has 0 spiro atoms. The number of aliphatic hydroxyl groups is 1. The van der Waals surface area contributed by atoms with Crippen LogP contribution in [0.5, 0.6) is 0 Å². The molecular weight excluding hydrogens is 312 g/mol. The van der Waals surface area contributed by atoms with Gasteiger partial charge in [-0.25, -0.2) is 0 Å². The van der Waals surface area contributed by atoms with Crippen molar-refractivity contribution < 1.29 is 14.6 Å². The molecule has 3 nitrogen and oxygen atoms in total. The molecule has 0 unspecified atom stereocenters. The van der Waals surface area contributed by atoms with Crippen molar-refractivity contribution in [1.82, 2.24) is 0 Å². The fourth-order valence-corrected chi connectivity index (χ4v) is 3.11. The Labute approximate surface area is 151 Å². The van der Waals surface area contributed by atoms with Gasteiger partial charge in [0, 0.05) is 6.61 Å². The molecule has 0 aliphatic carbocycles. The van der Waals surface area contributed by atoms with E-state index in [1.54, 1.807) is 0 Å². The Balaban J connectivity index is 1.58. The number of esters is 1. The molecule has 0 saturated heterocycles. The van der Waals surface area contributed by atoms with Crippen LogP contribution in [0, 0.1) is 0 Å². The van der Waals surface area contributed by atoms with Gasteiger partial charge in [0.2, 0.25) is 0 Å². The van der Waals surface area contributed by atoms with Crippen LogP contribution in [0.1, 0.15) is 56.9 Å². The van der Waals surface area contributed by atoms with Gasteiger partial charge < -0.3 is 9.84 Å². The Morgan fingerprint density at radius 2 is 1.44 bits per heavy atom. The zero-order valence-electron chi connectivity index (χ0n) is 15.1. The lowest BCUT2D eigenvalue weighted by atomic mass is 10.0. The normalized spacial score (nSPS) is 10.9. The zero-order chi connectivity index (χ0) is 17.7. The minimum atomic E-state index is -0.139. The van der Waals surface area contributed by atoms with E-state index in [2.05, 4.69) is 18.2 Å². The summed E-state index contributed by atoms with van der Waals surface area (Å²) in [6.07, 6.45) is 9.32. The molecular formula is C22H30O3. The van der Waals surface area contributed by atoms with E-state index in [4.69, 9.17) is 9.84 Å². The van der Waals surface area contributed by atoms with Crippen molar-refractivity contribution >= 4 is 16.7 Å². The Morgan fingerprint density at radius 1 is 0.800 bits per heavy atom. The number of ether oxygens (including phenoxy) is 1. The lowest BCUT2D eigenvalue weighted by molar-refractivity contribution is -0.142. The van der Waals surface area contributed by atoms with Gasteiger partial charge in [0.15, 0.2) is 0 Å². The van der Waals surface area contributed by atoms with Crippen molar-refractivity contribution in [2.45, 2.75) is 57.8 Å². The number of hydrogen-bond acceptors (Lipinski definition) is 3. The highest BCUT2D eigenvalue weighted by Crippen LogP contribution is 2.19. The van der Waals surface area contributed by atoms with Gasteiger partial charge in [0.1, 0.15) is 0 Å². The summed E-state index contributed by atoms with van der Waals surface area (Å²) in [6, 6.07) is 14.2. The smallest absolute Gasteiger partial charge is 0.310 e. The summed E-state index contributed by atoms with van der Waals surface area (Å²) in [6.45, 7) is 0.832. The van der Waals surface area contributed by atoms with E-state index in [0.29, 0.717) is 19.6 Å².